The zero-order valence-electron chi connectivity index (χ0n) is 20.8. The largest absolute Gasteiger partial charge is 0.573 e. The summed E-state index contributed by atoms with van der Waals surface area (Å²) in [6, 6.07) is 7.53. The number of fused-ring (bicyclic) bond motifs is 1. The molecular formula is C26H31F3N4O3. The number of anilines is 2. The van der Waals surface area contributed by atoms with Crippen molar-refractivity contribution in [3.05, 3.63) is 41.6 Å². The van der Waals surface area contributed by atoms with Crippen LogP contribution in [0.25, 0.3) is 11.2 Å². The summed E-state index contributed by atoms with van der Waals surface area (Å²) < 4.78 is 43.7. The minimum atomic E-state index is -4.75. The van der Waals surface area contributed by atoms with Gasteiger partial charge in [-0.25, -0.2) is 9.97 Å². The predicted octanol–water partition coefficient (Wildman–Crippen LogP) is 6.79. The topological polar surface area (TPSA) is 89.3 Å². The van der Waals surface area contributed by atoms with E-state index in [1.54, 1.807) is 0 Å². The lowest BCUT2D eigenvalue weighted by Crippen LogP contribution is -2.30. The molecule has 1 aliphatic carbocycles. The summed E-state index contributed by atoms with van der Waals surface area (Å²) in [7, 11) is 0. The van der Waals surface area contributed by atoms with Crippen LogP contribution in [0.5, 0.6) is 5.75 Å². The molecule has 194 valence electrons. The Morgan fingerprint density at radius 1 is 1.22 bits per heavy atom. The molecule has 0 spiro atoms. The van der Waals surface area contributed by atoms with Crippen LogP contribution in [-0.2, 0) is 11.2 Å². The van der Waals surface area contributed by atoms with Crippen LogP contribution in [0.2, 0.25) is 0 Å². The Bertz CT molecular complexity index is 1250. The van der Waals surface area contributed by atoms with Crippen LogP contribution in [0.4, 0.5) is 24.8 Å². The van der Waals surface area contributed by atoms with E-state index in [1.165, 1.54) is 24.3 Å². The fraction of sp³-hybridized carbons (Fsp3) is 0.500. The minimum Gasteiger partial charge on any atom is -0.481 e. The molecule has 3 aromatic rings. The number of alkyl halides is 3. The lowest BCUT2D eigenvalue weighted by molar-refractivity contribution is -0.274. The fourth-order valence-corrected chi connectivity index (χ4v) is 5.44. The minimum absolute atomic E-state index is 0.000513. The summed E-state index contributed by atoms with van der Waals surface area (Å²) in [6.07, 6.45) is -1.41. The van der Waals surface area contributed by atoms with Gasteiger partial charge in [0.2, 0.25) is 5.95 Å². The molecule has 2 aromatic heterocycles. The lowest BCUT2D eigenvalue weighted by atomic mass is 9.70. The summed E-state index contributed by atoms with van der Waals surface area (Å²) in [6.45, 7) is 8.62. The highest BCUT2D eigenvalue weighted by molar-refractivity contribution is 5.78. The molecule has 0 saturated heterocycles. The Labute approximate surface area is 207 Å². The summed E-state index contributed by atoms with van der Waals surface area (Å²) in [4.78, 5) is 20.7. The van der Waals surface area contributed by atoms with Crippen molar-refractivity contribution in [2.24, 2.45) is 11.3 Å². The normalized spacial score (nSPS) is 19.9. The van der Waals surface area contributed by atoms with Crippen molar-refractivity contribution in [2.45, 2.75) is 72.2 Å². The van der Waals surface area contributed by atoms with Crippen LogP contribution >= 0.6 is 0 Å². The van der Waals surface area contributed by atoms with Gasteiger partial charge in [0.1, 0.15) is 11.3 Å². The molecule has 7 nitrogen and oxygen atoms in total. The zero-order valence-corrected chi connectivity index (χ0v) is 20.8. The number of ether oxygens (including phenoxy) is 1. The molecule has 1 aromatic carbocycles. The molecule has 2 atom stereocenters. The number of nitrogens with one attached hydrogen (secondary N) is 1. The molecule has 0 aliphatic heterocycles. The van der Waals surface area contributed by atoms with Gasteiger partial charge >= 0.3 is 12.3 Å². The van der Waals surface area contributed by atoms with Crippen LogP contribution in [0.1, 0.15) is 63.8 Å². The number of imidazole rings is 1. The number of carboxylic acids is 1. The Morgan fingerprint density at radius 2 is 1.92 bits per heavy atom. The van der Waals surface area contributed by atoms with Gasteiger partial charge in [0, 0.05) is 23.8 Å². The summed E-state index contributed by atoms with van der Waals surface area (Å²) in [5, 5.41) is 12.4. The van der Waals surface area contributed by atoms with E-state index in [1.807, 2.05) is 13.0 Å². The van der Waals surface area contributed by atoms with E-state index >= 15 is 0 Å². The number of pyridine rings is 1. The molecule has 4 rings (SSSR count). The number of aliphatic carboxylic acids is 1. The van der Waals surface area contributed by atoms with E-state index < -0.39 is 12.3 Å². The Morgan fingerprint density at radius 3 is 2.53 bits per heavy atom. The second-order valence-corrected chi connectivity index (χ2v) is 10.5. The zero-order chi connectivity index (χ0) is 26.3. The molecule has 0 unspecified atom stereocenters. The highest BCUT2D eigenvalue weighted by atomic mass is 19.4. The third-order valence-corrected chi connectivity index (χ3v) is 6.64. The van der Waals surface area contributed by atoms with Crippen LogP contribution in [-0.4, -0.2) is 32.0 Å². The number of nitrogens with zero attached hydrogens (tertiary/aromatic N) is 3. The Kier molecular flexibility index (Phi) is 6.90. The van der Waals surface area contributed by atoms with Crippen LogP contribution in [0.3, 0.4) is 0 Å². The van der Waals surface area contributed by atoms with Crippen molar-refractivity contribution in [1.29, 1.82) is 0 Å². The monoisotopic (exact) mass is 504 g/mol. The van der Waals surface area contributed by atoms with Crippen molar-refractivity contribution < 1.29 is 27.8 Å². The molecule has 0 amide bonds. The smallest absolute Gasteiger partial charge is 0.481 e. The molecule has 1 saturated carbocycles. The van der Waals surface area contributed by atoms with Crippen molar-refractivity contribution >= 4 is 28.8 Å². The average Bonchev–Trinajstić information content (AvgIpc) is 3.07. The number of carboxylic acid groups (broad SMARTS) is 1. The standard InChI is InChI=1S/C26H31F3N4O3/c1-15-11-19(14-25(3,4)13-15)33-23-21(12-17(16(2)30-23)5-10-22(34)35)32-24(33)31-18-6-8-20(9-7-18)36-26(27,28)29/h6-9,12,15,19H,5,10-11,13-14H2,1-4H3,(H,31,32)(H,34,35)/t15-,19+/m1/s1. The number of aromatic nitrogens is 3. The summed E-state index contributed by atoms with van der Waals surface area (Å²) in [5.74, 6) is -0.131. The summed E-state index contributed by atoms with van der Waals surface area (Å²) >= 11 is 0. The van der Waals surface area contributed by atoms with Gasteiger partial charge in [0.25, 0.3) is 0 Å². The molecular weight excluding hydrogens is 473 g/mol. The Balaban J connectivity index is 1.74. The van der Waals surface area contributed by atoms with Crippen LogP contribution in [0, 0.1) is 18.3 Å². The van der Waals surface area contributed by atoms with Gasteiger partial charge in [-0.15, -0.1) is 13.2 Å². The first-order valence-electron chi connectivity index (χ1n) is 12.0. The number of aryl methyl sites for hydroxylation is 2. The number of hydrogen-bond donors (Lipinski definition) is 2. The maximum atomic E-state index is 12.5. The highest BCUT2D eigenvalue weighted by Gasteiger charge is 2.35. The van der Waals surface area contributed by atoms with Gasteiger partial charge in [-0.1, -0.05) is 20.8 Å². The van der Waals surface area contributed by atoms with Gasteiger partial charge in [0.15, 0.2) is 5.65 Å². The van der Waals surface area contributed by atoms with Crippen molar-refractivity contribution in [2.75, 3.05) is 5.32 Å². The predicted molar refractivity (Wildman–Crippen MR) is 130 cm³/mol. The lowest BCUT2D eigenvalue weighted by Gasteiger charge is -2.40. The van der Waals surface area contributed by atoms with Gasteiger partial charge in [-0.3, -0.25) is 9.36 Å². The van der Waals surface area contributed by atoms with E-state index in [9.17, 15) is 18.0 Å². The van der Waals surface area contributed by atoms with E-state index in [-0.39, 0.29) is 23.6 Å². The van der Waals surface area contributed by atoms with Gasteiger partial charge in [-0.05, 0) is 79.8 Å². The molecule has 0 radical (unpaired) electrons. The average molecular weight is 505 g/mol. The first-order valence-corrected chi connectivity index (χ1v) is 12.0. The maximum Gasteiger partial charge on any atom is 0.573 e. The first kappa shape index (κ1) is 25.8. The quantitative estimate of drug-likeness (QED) is 0.368. The van der Waals surface area contributed by atoms with Crippen LogP contribution in [0.15, 0.2) is 30.3 Å². The van der Waals surface area contributed by atoms with E-state index in [0.717, 1.165) is 30.5 Å². The second kappa shape index (κ2) is 9.63. The van der Waals surface area contributed by atoms with E-state index in [4.69, 9.17) is 15.1 Å². The third-order valence-electron chi connectivity index (χ3n) is 6.64. The van der Waals surface area contributed by atoms with Crippen LogP contribution < -0.4 is 10.1 Å². The molecule has 1 aliphatic rings. The van der Waals surface area contributed by atoms with Crippen molar-refractivity contribution in [3.8, 4) is 5.75 Å². The van der Waals surface area contributed by atoms with E-state index in [0.29, 0.717) is 35.1 Å². The van der Waals surface area contributed by atoms with Gasteiger partial charge < -0.3 is 15.2 Å². The first-order chi connectivity index (χ1) is 16.8. The molecule has 10 heteroatoms. The molecule has 36 heavy (non-hydrogen) atoms. The van der Waals surface area contributed by atoms with Gasteiger partial charge in [-0.2, -0.15) is 0 Å². The molecule has 0 bridgehead atoms. The fourth-order valence-electron chi connectivity index (χ4n) is 5.44. The SMILES string of the molecule is Cc1nc2c(cc1CCC(=O)O)nc(Nc1ccc(OC(F)(F)F)cc1)n2[C@H]1C[C@@H](C)CC(C)(C)C1. The summed E-state index contributed by atoms with van der Waals surface area (Å²) in [5.41, 5.74) is 3.63. The molecule has 2 heterocycles. The van der Waals surface area contributed by atoms with E-state index in [2.05, 4.69) is 35.4 Å². The van der Waals surface area contributed by atoms with Gasteiger partial charge in [0.05, 0.1) is 0 Å². The number of benzene rings is 1. The molecule has 1 fully saturated rings. The van der Waals surface area contributed by atoms with Crippen molar-refractivity contribution in [1.82, 2.24) is 14.5 Å². The number of hydrogen-bond acceptors (Lipinski definition) is 5. The Hall–Kier alpha value is -3.30. The van der Waals surface area contributed by atoms with Crippen molar-refractivity contribution in [3.63, 3.8) is 0 Å². The number of rotatable bonds is 7. The maximum absolute atomic E-state index is 12.5. The number of halogens is 3. The number of carbonyl (C=O) groups is 1. The highest BCUT2D eigenvalue weighted by Crippen LogP contribution is 2.46. The third kappa shape index (κ3) is 6.09. The molecule has 2 N–H and O–H groups in total. The second-order valence-electron chi connectivity index (χ2n) is 10.5.